The molecule has 2 nitrogen and oxygen atoms in total. The third-order valence-corrected chi connectivity index (χ3v) is 2.33. The van der Waals surface area contributed by atoms with Crippen LogP contribution in [0.2, 0.25) is 0 Å². The van der Waals surface area contributed by atoms with Gasteiger partial charge in [-0.3, -0.25) is 4.90 Å². The molecule has 0 aromatic heterocycles. The Morgan fingerprint density at radius 3 is 1.64 bits per heavy atom. The van der Waals surface area contributed by atoms with Crippen LogP contribution < -0.4 is 0 Å². The van der Waals surface area contributed by atoms with Gasteiger partial charge in [-0.05, 0) is 19.8 Å². The molecule has 1 N–H and O–H groups in total. The topological polar surface area (TPSA) is 23.5 Å². The zero-order chi connectivity index (χ0) is 11.7. The Morgan fingerprint density at radius 2 is 1.50 bits per heavy atom. The second kappa shape index (κ2) is 9.47. The zero-order valence-electron chi connectivity index (χ0n) is 11.0. The van der Waals surface area contributed by atoms with Crippen LogP contribution in [-0.4, -0.2) is 35.2 Å². The number of hydrogen-bond acceptors (Lipinski definition) is 2. The van der Waals surface area contributed by atoms with Gasteiger partial charge >= 0.3 is 0 Å². The number of β-amino-alcohol motifs (C(OH)–C–C–N with tert-alkyl or cyclic N) is 1. The Labute approximate surface area is 90.3 Å². The molecular weight excluding hydrogens is 174 g/mol. The fraction of sp³-hybridized carbons (Fsp3) is 1.00. The normalized spacial score (nSPS) is 26.4. The standard InChI is InChI=1S/C8H17NO.2C2H6/c1-6(2)9-4-7(3)8(10)5-9;2*1-2/h6-8,10H,4-5H2,1-3H3;2*1-2H3. The van der Waals surface area contributed by atoms with Crippen molar-refractivity contribution in [1.29, 1.82) is 0 Å². The third-order valence-electron chi connectivity index (χ3n) is 2.33. The predicted octanol–water partition coefficient (Wildman–Crippen LogP) is 2.76. The van der Waals surface area contributed by atoms with Crippen molar-refractivity contribution in [3.8, 4) is 0 Å². The molecule has 1 aliphatic heterocycles. The summed E-state index contributed by atoms with van der Waals surface area (Å²) in [7, 11) is 0. The smallest absolute Gasteiger partial charge is 0.0704 e. The molecule has 0 aliphatic carbocycles. The van der Waals surface area contributed by atoms with Crippen molar-refractivity contribution in [3.63, 3.8) is 0 Å². The van der Waals surface area contributed by atoms with E-state index in [0.717, 1.165) is 13.1 Å². The lowest BCUT2D eigenvalue weighted by Crippen LogP contribution is -2.29. The summed E-state index contributed by atoms with van der Waals surface area (Å²) in [6.07, 6.45) is -0.0950. The number of rotatable bonds is 1. The van der Waals surface area contributed by atoms with Crippen LogP contribution >= 0.6 is 0 Å². The molecule has 0 radical (unpaired) electrons. The number of aliphatic hydroxyl groups is 1. The average molecular weight is 203 g/mol. The van der Waals surface area contributed by atoms with Gasteiger partial charge in [0.25, 0.3) is 0 Å². The van der Waals surface area contributed by atoms with Crippen molar-refractivity contribution >= 4 is 0 Å². The number of likely N-dealkylation sites (tertiary alicyclic amines) is 1. The molecule has 0 amide bonds. The van der Waals surface area contributed by atoms with Crippen LogP contribution in [0.5, 0.6) is 0 Å². The first-order valence-electron chi connectivity index (χ1n) is 6.03. The van der Waals surface area contributed by atoms with E-state index in [1.54, 1.807) is 0 Å². The molecule has 1 aliphatic rings. The zero-order valence-corrected chi connectivity index (χ0v) is 11.0. The molecule has 2 atom stereocenters. The van der Waals surface area contributed by atoms with Gasteiger partial charge in [0.15, 0.2) is 0 Å². The van der Waals surface area contributed by atoms with Gasteiger partial charge in [-0.25, -0.2) is 0 Å². The van der Waals surface area contributed by atoms with E-state index in [1.165, 1.54) is 0 Å². The van der Waals surface area contributed by atoms with Gasteiger partial charge < -0.3 is 5.11 Å². The van der Waals surface area contributed by atoms with Crippen molar-refractivity contribution in [2.75, 3.05) is 13.1 Å². The summed E-state index contributed by atoms with van der Waals surface area (Å²) in [4.78, 5) is 2.31. The fourth-order valence-corrected chi connectivity index (χ4v) is 1.41. The molecule has 2 heteroatoms. The Morgan fingerprint density at radius 1 is 1.07 bits per heavy atom. The van der Waals surface area contributed by atoms with Crippen LogP contribution in [0.4, 0.5) is 0 Å². The Bertz CT molecular complexity index is 105. The number of nitrogens with zero attached hydrogens (tertiary/aromatic N) is 1. The largest absolute Gasteiger partial charge is 0.391 e. The highest BCUT2D eigenvalue weighted by Gasteiger charge is 2.28. The van der Waals surface area contributed by atoms with E-state index in [4.69, 9.17) is 0 Å². The van der Waals surface area contributed by atoms with Crippen LogP contribution in [0.1, 0.15) is 48.5 Å². The molecule has 0 saturated carbocycles. The van der Waals surface area contributed by atoms with Crippen LogP contribution in [-0.2, 0) is 0 Å². The van der Waals surface area contributed by atoms with Gasteiger partial charge in [-0.15, -0.1) is 0 Å². The van der Waals surface area contributed by atoms with Crippen LogP contribution in [0.15, 0.2) is 0 Å². The third kappa shape index (κ3) is 5.61. The average Bonchev–Trinajstić information content (AvgIpc) is 2.54. The van der Waals surface area contributed by atoms with Gasteiger partial charge in [0.2, 0.25) is 0 Å². The van der Waals surface area contributed by atoms with E-state index in [9.17, 15) is 5.11 Å². The van der Waals surface area contributed by atoms with Crippen molar-refractivity contribution in [2.45, 2.75) is 60.6 Å². The van der Waals surface area contributed by atoms with Crippen molar-refractivity contribution < 1.29 is 5.11 Å². The molecule has 1 saturated heterocycles. The Balaban J connectivity index is 0. The minimum Gasteiger partial charge on any atom is -0.391 e. The van der Waals surface area contributed by atoms with Crippen LogP contribution in [0, 0.1) is 5.92 Å². The van der Waals surface area contributed by atoms with Crippen LogP contribution in [0.3, 0.4) is 0 Å². The van der Waals surface area contributed by atoms with Gasteiger partial charge in [0.1, 0.15) is 0 Å². The van der Waals surface area contributed by atoms with Gasteiger partial charge in [0, 0.05) is 19.1 Å². The van der Waals surface area contributed by atoms with Crippen molar-refractivity contribution in [2.24, 2.45) is 5.92 Å². The molecule has 1 rings (SSSR count). The monoisotopic (exact) mass is 203 g/mol. The molecule has 1 fully saturated rings. The summed E-state index contributed by atoms with van der Waals surface area (Å²) in [5.74, 6) is 0.461. The maximum Gasteiger partial charge on any atom is 0.0704 e. The highest BCUT2D eigenvalue weighted by atomic mass is 16.3. The molecule has 14 heavy (non-hydrogen) atoms. The minimum absolute atomic E-state index is 0.0950. The first-order valence-corrected chi connectivity index (χ1v) is 6.03. The molecule has 0 bridgehead atoms. The quantitative estimate of drug-likeness (QED) is 0.708. The first kappa shape index (κ1) is 16.4. The van der Waals surface area contributed by atoms with E-state index in [0.29, 0.717) is 12.0 Å². The molecule has 2 unspecified atom stereocenters. The number of hydrogen-bond donors (Lipinski definition) is 1. The van der Waals surface area contributed by atoms with Crippen LogP contribution in [0.25, 0.3) is 0 Å². The van der Waals surface area contributed by atoms with Gasteiger partial charge in [0.05, 0.1) is 6.10 Å². The summed E-state index contributed by atoms with van der Waals surface area (Å²) >= 11 is 0. The lowest BCUT2D eigenvalue weighted by Gasteiger charge is -2.19. The van der Waals surface area contributed by atoms with Crippen molar-refractivity contribution in [3.05, 3.63) is 0 Å². The summed E-state index contributed by atoms with van der Waals surface area (Å²) in [6, 6.07) is 0.583. The van der Waals surface area contributed by atoms with E-state index in [2.05, 4.69) is 25.7 Å². The highest BCUT2D eigenvalue weighted by Crippen LogP contribution is 2.17. The second-order valence-corrected chi connectivity index (χ2v) is 3.59. The molecule has 88 valence electrons. The lowest BCUT2D eigenvalue weighted by atomic mass is 10.1. The highest BCUT2D eigenvalue weighted by molar-refractivity contribution is 4.82. The summed E-state index contributed by atoms with van der Waals surface area (Å²) in [5.41, 5.74) is 0. The maximum absolute atomic E-state index is 9.38. The Kier molecular flexibility index (Phi) is 11.1. The van der Waals surface area contributed by atoms with E-state index >= 15 is 0 Å². The molecular formula is C12H29NO. The maximum atomic E-state index is 9.38. The molecule has 0 aromatic rings. The molecule has 1 heterocycles. The van der Waals surface area contributed by atoms with Crippen molar-refractivity contribution in [1.82, 2.24) is 4.90 Å². The van der Waals surface area contributed by atoms with E-state index in [-0.39, 0.29) is 6.10 Å². The van der Waals surface area contributed by atoms with Gasteiger partial charge in [-0.1, -0.05) is 34.6 Å². The lowest BCUT2D eigenvalue weighted by molar-refractivity contribution is 0.144. The summed E-state index contributed by atoms with van der Waals surface area (Å²) in [6.45, 7) is 16.4. The fourth-order valence-electron chi connectivity index (χ4n) is 1.41. The number of aliphatic hydroxyl groups excluding tert-OH is 1. The predicted molar refractivity (Wildman–Crippen MR) is 64.6 cm³/mol. The first-order chi connectivity index (χ1) is 6.61. The molecule has 0 spiro atoms. The van der Waals surface area contributed by atoms with Gasteiger partial charge in [-0.2, -0.15) is 0 Å². The minimum atomic E-state index is -0.0950. The SMILES string of the molecule is CC.CC.CC1CN(C(C)C)CC1O. The molecule has 0 aromatic carbocycles. The summed E-state index contributed by atoms with van der Waals surface area (Å²) in [5, 5.41) is 9.38. The second-order valence-electron chi connectivity index (χ2n) is 3.59. The summed E-state index contributed by atoms with van der Waals surface area (Å²) < 4.78 is 0. The Hall–Kier alpha value is -0.0800. The van der Waals surface area contributed by atoms with E-state index in [1.807, 2.05) is 27.7 Å². The van der Waals surface area contributed by atoms with E-state index < -0.39 is 0 Å².